The summed E-state index contributed by atoms with van der Waals surface area (Å²) in [7, 11) is 1.68. The highest BCUT2D eigenvalue weighted by molar-refractivity contribution is 5.83. The van der Waals surface area contributed by atoms with Crippen molar-refractivity contribution in [3.05, 3.63) is 23.9 Å². The van der Waals surface area contributed by atoms with Gasteiger partial charge in [0, 0.05) is 32.9 Å². The molecule has 0 aliphatic carbocycles. The van der Waals surface area contributed by atoms with Gasteiger partial charge >= 0.3 is 0 Å². The highest BCUT2D eigenvalue weighted by Gasteiger charge is 2.40. The van der Waals surface area contributed by atoms with Crippen molar-refractivity contribution >= 4 is 11.7 Å². The number of hydrogen-bond donors (Lipinski definition) is 2. The number of anilines is 1. The second-order valence-electron chi connectivity index (χ2n) is 5.04. The molecule has 2 heterocycles. The molecule has 0 aromatic carbocycles. The number of pyridine rings is 1. The molecule has 5 nitrogen and oxygen atoms in total. The van der Waals surface area contributed by atoms with E-state index in [1.54, 1.807) is 13.2 Å². The largest absolute Gasteiger partial charge is 0.359 e. The van der Waals surface area contributed by atoms with Crippen molar-refractivity contribution in [2.24, 2.45) is 11.1 Å². The Hall–Kier alpha value is -1.62. The molecular formula is C13H20N4O. The Morgan fingerprint density at radius 1 is 1.67 bits per heavy atom. The van der Waals surface area contributed by atoms with Crippen molar-refractivity contribution in [2.75, 3.05) is 25.0 Å². The molecule has 0 bridgehead atoms. The minimum absolute atomic E-state index is 0.0972. The molecule has 98 valence electrons. The van der Waals surface area contributed by atoms with Gasteiger partial charge in [-0.15, -0.1) is 0 Å². The summed E-state index contributed by atoms with van der Waals surface area (Å²) >= 11 is 0. The minimum Gasteiger partial charge on any atom is -0.359 e. The van der Waals surface area contributed by atoms with Crippen molar-refractivity contribution in [3.8, 4) is 0 Å². The van der Waals surface area contributed by atoms with Crippen molar-refractivity contribution in [3.63, 3.8) is 0 Å². The van der Waals surface area contributed by atoms with Crippen molar-refractivity contribution in [1.29, 1.82) is 0 Å². The number of amides is 1. The van der Waals surface area contributed by atoms with Crippen molar-refractivity contribution in [2.45, 2.75) is 19.9 Å². The van der Waals surface area contributed by atoms with E-state index in [-0.39, 0.29) is 11.3 Å². The van der Waals surface area contributed by atoms with Gasteiger partial charge in [0.2, 0.25) is 5.91 Å². The Morgan fingerprint density at radius 3 is 3.11 bits per heavy atom. The van der Waals surface area contributed by atoms with Crippen LogP contribution in [-0.2, 0) is 11.3 Å². The molecule has 1 fully saturated rings. The summed E-state index contributed by atoms with van der Waals surface area (Å²) < 4.78 is 0. The molecule has 5 heteroatoms. The zero-order chi connectivity index (χ0) is 13.2. The Morgan fingerprint density at radius 2 is 2.44 bits per heavy atom. The highest BCUT2D eigenvalue weighted by Crippen LogP contribution is 2.32. The van der Waals surface area contributed by atoms with Crippen molar-refractivity contribution < 1.29 is 4.79 Å². The van der Waals surface area contributed by atoms with E-state index in [1.165, 1.54) is 0 Å². The summed E-state index contributed by atoms with van der Waals surface area (Å²) in [6.07, 6.45) is 2.62. The fourth-order valence-corrected chi connectivity index (χ4v) is 2.40. The lowest BCUT2D eigenvalue weighted by molar-refractivity contribution is -0.128. The van der Waals surface area contributed by atoms with Crippen LogP contribution in [0.15, 0.2) is 18.3 Å². The van der Waals surface area contributed by atoms with E-state index in [9.17, 15) is 4.79 Å². The number of nitrogens with two attached hydrogens (primary N) is 1. The molecule has 1 saturated heterocycles. The van der Waals surface area contributed by atoms with Crippen LogP contribution in [0.5, 0.6) is 0 Å². The first kappa shape index (κ1) is 12.8. The maximum atomic E-state index is 11.9. The molecule has 1 aliphatic rings. The summed E-state index contributed by atoms with van der Waals surface area (Å²) in [5.41, 5.74) is 6.37. The molecule has 3 N–H and O–H groups in total. The second-order valence-corrected chi connectivity index (χ2v) is 5.04. The monoisotopic (exact) mass is 248 g/mol. The molecule has 2 rings (SSSR count). The lowest BCUT2D eigenvalue weighted by Gasteiger charge is -2.23. The van der Waals surface area contributed by atoms with Crippen LogP contribution in [0.4, 0.5) is 5.82 Å². The Balaban J connectivity index is 2.15. The Kier molecular flexibility index (Phi) is 3.52. The second kappa shape index (κ2) is 4.94. The molecule has 1 amide bonds. The SMILES string of the molecule is CNC(=O)C1(C)CCN(c2cc(CN)ccn2)C1. The van der Waals surface area contributed by atoms with Crippen LogP contribution in [0.3, 0.4) is 0 Å². The number of nitrogens with zero attached hydrogens (tertiary/aromatic N) is 2. The van der Waals surface area contributed by atoms with Gasteiger partial charge in [0.1, 0.15) is 5.82 Å². The number of hydrogen-bond acceptors (Lipinski definition) is 4. The van der Waals surface area contributed by atoms with Gasteiger partial charge in [0.05, 0.1) is 5.41 Å². The fraction of sp³-hybridized carbons (Fsp3) is 0.538. The summed E-state index contributed by atoms with van der Waals surface area (Å²) in [5, 5.41) is 2.74. The smallest absolute Gasteiger partial charge is 0.227 e. The predicted octanol–water partition coefficient (Wildman–Crippen LogP) is 0.503. The maximum Gasteiger partial charge on any atom is 0.227 e. The van der Waals surface area contributed by atoms with Crippen LogP contribution in [0.2, 0.25) is 0 Å². The van der Waals surface area contributed by atoms with Crippen LogP contribution in [-0.4, -0.2) is 31.0 Å². The summed E-state index contributed by atoms with van der Waals surface area (Å²) in [4.78, 5) is 18.4. The average Bonchev–Trinajstić information content (AvgIpc) is 2.82. The number of nitrogens with one attached hydrogen (secondary N) is 1. The van der Waals surface area contributed by atoms with E-state index in [0.717, 1.165) is 24.3 Å². The molecular weight excluding hydrogens is 228 g/mol. The molecule has 0 spiro atoms. The summed E-state index contributed by atoms with van der Waals surface area (Å²) in [6, 6.07) is 3.91. The van der Waals surface area contributed by atoms with Crippen molar-refractivity contribution in [1.82, 2.24) is 10.3 Å². The molecule has 18 heavy (non-hydrogen) atoms. The lowest BCUT2D eigenvalue weighted by atomic mass is 9.89. The van der Waals surface area contributed by atoms with Crippen LogP contribution in [0.25, 0.3) is 0 Å². The molecule has 1 aliphatic heterocycles. The van der Waals surface area contributed by atoms with Crippen LogP contribution < -0.4 is 16.0 Å². The minimum atomic E-state index is -0.324. The fourth-order valence-electron chi connectivity index (χ4n) is 2.40. The normalized spacial score (nSPS) is 23.2. The third-order valence-electron chi connectivity index (χ3n) is 3.62. The van der Waals surface area contributed by atoms with Crippen LogP contribution in [0, 0.1) is 5.41 Å². The Bertz CT molecular complexity index is 448. The number of aromatic nitrogens is 1. The first-order valence-corrected chi connectivity index (χ1v) is 6.21. The first-order chi connectivity index (χ1) is 8.59. The van der Waals surface area contributed by atoms with Gasteiger partial charge in [-0.05, 0) is 31.0 Å². The lowest BCUT2D eigenvalue weighted by Crippen LogP contribution is -2.39. The highest BCUT2D eigenvalue weighted by atomic mass is 16.2. The molecule has 1 unspecified atom stereocenters. The summed E-state index contributed by atoms with van der Waals surface area (Å²) in [5.74, 6) is 1.01. The Labute approximate surface area is 107 Å². The summed E-state index contributed by atoms with van der Waals surface area (Å²) in [6.45, 7) is 4.06. The molecule has 0 radical (unpaired) electrons. The third kappa shape index (κ3) is 2.31. The zero-order valence-electron chi connectivity index (χ0n) is 10.9. The van der Waals surface area contributed by atoms with E-state index in [4.69, 9.17) is 5.73 Å². The number of carbonyl (C=O) groups is 1. The molecule has 1 aromatic rings. The molecule has 1 atom stereocenters. The van der Waals surface area contributed by atoms with E-state index >= 15 is 0 Å². The first-order valence-electron chi connectivity index (χ1n) is 6.21. The third-order valence-corrected chi connectivity index (χ3v) is 3.62. The topological polar surface area (TPSA) is 71.2 Å². The van der Waals surface area contributed by atoms with Gasteiger partial charge in [-0.3, -0.25) is 4.79 Å². The zero-order valence-corrected chi connectivity index (χ0v) is 10.9. The van der Waals surface area contributed by atoms with Gasteiger partial charge in [-0.2, -0.15) is 0 Å². The quantitative estimate of drug-likeness (QED) is 0.817. The molecule has 0 saturated carbocycles. The average molecular weight is 248 g/mol. The van der Waals surface area contributed by atoms with Gasteiger partial charge in [-0.25, -0.2) is 4.98 Å². The van der Waals surface area contributed by atoms with Gasteiger partial charge in [0.25, 0.3) is 0 Å². The number of rotatable bonds is 3. The van der Waals surface area contributed by atoms with E-state index in [0.29, 0.717) is 13.1 Å². The van der Waals surface area contributed by atoms with E-state index in [2.05, 4.69) is 15.2 Å². The van der Waals surface area contributed by atoms with Crippen LogP contribution >= 0.6 is 0 Å². The predicted molar refractivity (Wildman–Crippen MR) is 71.1 cm³/mol. The van der Waals surface area contributed by atoms with Gasteiger partial charge < -0.3 is 16.0 Å². The van der Waals surface area contributed by atoms with Gasteiger partial charge in [-0.1, -0.05) is 0 Å². The maximum absolute atomic E-state index is 11.9. The van der Waals surface area contributed by atoms with Gasteiger partial charge in [0.15, 0.2) is 0 Å². The molecule has 1 aromatic heterocycles. The standard InChI is InChI=1S/C13H20N4O/c1-13(12(18)15-2)4-6-17(9-13)11-7-10(8-14)3-5-16-11/h3,5,7H,4,6,8-9,14H2,1-2H3,(H,15,18). The van der Waals surface area contributed by atoms with Crippen LogP contribution in [0.1, 0.15) is 18.9 Å². The van der Waals surface area contributed by atoms with E-state index < -0.39 is 0 Å². The number of carbonyl (C=O) groups excluding carboxylic acids is 1. The van der Waals surface area contributed by atoms with E-state index in [1.807, 2.05) is 19.1 Å².